The van der Waals surface area contributed by atoms with Crippen molar-refractivity contribution in [3.05, 3.63) is 82.9 Å². The normalized spacial score (nSPS) is 29.0. The molecule has 6 rings (SSSR count). The molecule has 6 atom stereocenters. The van der Waals surface area contributed by atoms with E-state index >= 15 is 4.79 Å². The van der Waals surface area contributed by atoms with Gasteiger partial charge in [0, 0.05) is 55.1 Å². The topological polar surface area (TPSA) is 129 Å². The zero-order valence-corrected chi connectivity index (χ0v) is 30.1. The van der Waals surface area contributed by atoms with Crippen LogP contribution in [-0.4, -0.2) is 90.8 Å². The molecule has 5 bridgehead atoms. The Kier molecular flexibility index (Phi) is 11.1. The average Bonchev–Trinajstić information content (AvgIpc) is 3.72. The molecule has 11 nitrogen and oxygen atoms in total. The number of unbranched alkanes of at least 4 members (excludes halogenated alkanes) is 1. The number of anilines is 2. The molecule has 2 N–H and O–H groups in total. The van der Waals surface area contributed by atoms with E-state index in [4.69, 9.17) is 9.47 Å². The second-order valence-corrected chi connectivity index (χ2v) is 14.0. The molecule has 2 saturated heterocycles. The van der Waals surface area contributed by atoms with Crippen molar-refractivity contribution in [1.29, 1.82) is 0 Å². The highest BCUT2D eigenvalue weighted by atomic mass is 79.9. The van der Waals surface area contributed by atoms with Crippen molar-refractivity contribution in [2.45, 2.75) is 63.4 Å². The minimum atomic E-state index is -1.42. The van der Waals surface area contributed by atoms with E-state index in [9.17, 15) is 19.5 Å². The van der Waals surface area contributed by atoms with E-state index in [0.717, 1.165) is 18.8 Å². The number of likely N-dealkylation sites (tertiary alicyclic amines) is 1. The van der Waals surface area contributed by atoms with Gasteiger partial charge in [0.1, 0.15) is 29.8 Å². The number of hydrogen-bond acceptors (Lipinski definition) is 8. The van der Waals surface area contributed by atoms with Crippen molar-refractivity contribution in [1.82, 2.24) is 10.2 Å². The molecule has 4 heterocycles. The molecule has 12 heteroatoms. The Morgan fingerprint density at radius 2 is 1.72 bits per heavy atom. The number of carbonyl (C=O) groups is 4. The summed E-state index contributed by atoms with van der Waals surface area (Å²) < 4.78 is 13.4. The van der Waals surface area contributed by atoms with Gasteiger partial charge >= 0.3 is 5.97 Å². The zero-order chi connectivity index (χ0) is 35.4. The first kappa shape index (κ1) is 35.8. The maximum Gasteiger partial charge on any atom is 0.313 e. The van der Waals surface area contributed by atoms with Crippen LogP contribution in [0.15, 0.2) is 77.3 Å². The van der Waals surface area contributed by atoms with Crippen molar-refractivity contribution in [3.8, 4) is 0 Å². The zero-order valence-electron chi connectivity index (χ0n) is 28.5. The number of carbonyl (C=O) groups excluding carboxylic acids is 4. The van der Waals surface area contributed by atoms with Gasteiger partial charge in [-0.2, -0.15) is 0 Å². The molecular weight excluding hydrogens is 704 g/mol. The lowest BCUT2D eigenvalue weighted by Gasteiger charge is -2.36. The summed E-state index contributed by atoms with van der Waals surface area (Å²) in [7, 11) is 0. The summed E-state index contributed by atoms with van der Waals surface area (Å²) >= 11 is 3.61. The van der Waals surface area contributed by atoms with Gasteiger partial charge in [0.25, 0.3) is 5.91 Å². The van der Waals surface area contributed by atoms with Crippen molar-refractivity contribution in [3.63, 3.8) is 0 Å². The summed E-state index contributed by atoms with van der Waals surface area (Å²) in [5.41, 5.74) is 0.949. The summed E-state index contributed by atoms with van der Waals surface area (Å²) in [5.74, 6) is -3.58. The minimum absolute atomic E-state index is 0.0542. The number of hydrogen-bond donors (Lipinski definition) is 2. The van der Waals surface area contributed by atoms with Crippen LogP contribution >= 0.6 is 15.9 Å². The number of amides is 3. The van der Waals surface area contributed by atoms with Gasteiger partial charge in [-0.3, -0.25) is 19.2 Å². The lowest BCUT2D eigenvalue weighted by Crippen LogP contribution is -2.56. The highest BCUT2D eigenvalue weighted by Crippen LogP contribution is 2.59. The summed E-state index contributed by atoms with van der Waals surface area (Å²) in [6.45, 7) is 6.25. The number of allylic oxidation sites excluding steroid dienone is 1. The van der Waals surface area contributed by atoms with E-state index < -0.39 is 41.7 Å². The van der Waals surface area contributed by atoms with Crippen LogP contribution in [0.2, 0.25) is 0 Å². The average molecular weight is 750 g/mol. The summed E-state index contributed by atoms with van der Waals surface area (Å²) in [5, 5.41) is 12.5. The standard InChI is InChI=1S/C38H45BrN4O7/c1-3-41(4-2)26-16-18-27(19-17-26)42-20-10-6-9-15-30(45)40-24-29(25-13-7-5-8-14-25)49-37(48)31-32-35(46)43(21-11-12-22-44)34(36(42)47)38(32)23-28(39)33(31)50-38/h5-8,10,13-14,16-19,23,29,31-34,44H,3-4,9,11-12,15,20-22,24H2,1-2H3,(H,40,45)/b10-6-/t29-,31-,32+,33-,34-,38+/m0/s1. The van der Waals surface area contributed by atoms with Crippen LogP contribution in [0, 0.1) is 11.8 Å². The van der Waals surface area contributed by atoms with Crippen molar-refractivity contribution in [2.24, 2.45) is 11.8 Å². The highest BCUT2D eigenvalue weighted by Gasteiger charge is 2.75. The third-order valence-corrected chi connectivity index (χ3v) is 10.9. The predicted molar refractivity (Wildman–Crippen MR) is 192 cm³/mol. The number of aliphatic hydroxyl groups excluding tert-OH is 1. The van der Waals surface area contributed by atoms with Crippen LogP contribution in [0.4, 0.5) is 11.4 Å². The van der Waals surface area contributed by atoms with Gasteiger partial charge in [0.05, 0.1) is 12.5 Å². The number of halogens is 1. The maximum atomic E-state index is 15.1. The number of ether oxygens (including phenoxy) is 2. The molecular formula is C38H45BrN4O7. The quantitative estimate of drug-likeness (QED) is 0.221. The third-order valence-electron chi connectivity index (χ3n) is 10.2. The fourth-order valence-electron chi connectivity index (χ4n) is 7.72. The van der Waals surface area contributed by atoms with Gasteiger partial charge in [-0.1, -0.05) is 58.4 Å². The molecule has 0 radical (unpaired) electrons. The van der Waals surface area contributed by atoms with E-state index in [0.29, 0.717) is 35.0 Å². The molecule has 4 aliphatic rings. The number of aliphatic hydroxyl groups is 1. The Balaban J connectivity index is 1.43. The predicted octanol–water partition coefficient (Wildman–Crippen LogP) is 4.26. The SMILES string of the molecule is CCN(CC)c1ccc(N2C/C=C\CCC(=O)NC[C@@H](c3ccccc3)OC(=O)[C@@H]3[C@H]4O[C@@]5(C=C4Br)[C@H](C2=O)N(CCCCO)C(=O)[C@@H]35)cc1. The number of fused-ring (bicyclic) bond motifs is 2. The van der Waals surface area contributed by atoms with E-state index in [2.05, 4.69) is 40.0 Å². The van der Waals surface area contributed by atoms with Gasteiger partial charge in [-0.15, -0.1) is 0 Å². The maximum absolute atomic E-state index is 15.1. The number of nitrogens with zero attached hydrogens (tertiary/aromatic N) is 3. The molecule has 2 aromatic carbocycles. The van der Waals surface area contributed by atoms with E-state index in [1.165, 1.54) is 0 Å². The molecule has 0 unspecified atom stereocenters. The molecule has 0 aliphatic carbocycles. The lowest BCUT2D eigenvalue weighted by molar-refractivity contribution is -0.159. The molecule has 0 saturated carbocycles. The second-order valence-electron chi connectivity index (χ2n) is 13.1. The molecule has 2 fully saturated rings. The van der Waals surface area contributed by atoms with Gasteiger partial charge in [0.2, 0.25) is 11.8 Å². The van der Waals surface area contributed by atoms with Crippen LogP contribution in [0.5, 0.6) is 0 Å². The Morgan fingerprint density at radius 3 is 2.42 bits per heavy atom. The van der Waals surface area contributed by atoms with Gasteiger partial charge in [-0.05, 0) is 69.0 Å². The molecule has 50 heavy (non-hydrogen) atoms. The van der Waals surface area contributed by atoms with Crippen LogP contribution in [-0.2, 0) is 28.7 Å². The largest absolute Gasteiger partial charge is 0.455 e. The van der Waals surface area contributed by atoms with Crippen LogP contribution in [0.25, 0.3) is 0 Å². The Labute approximate surface area is 301 Å². The molecule has 0 aromatic heterocycles. The van der Waals surface area contributed by atoms with Crippen molar-refractivity contribution < 1.29 is 33.8 Å². The molecule has 1 spiro atoms. The van der Waals surface area contributed by atoms with Crippen LogP contribution in [0.3, 0.4) is 0 Å². The fourth-order valence-corrected chi connectivity index (χ4v) is 8.46. The fraction of sp³-hybridized carbons (Fsp3) is 0.474. The number of cyclic esters (lactones) is 1. The van der Waals surface area contributed by atoms with Gasteiger partial charge < -0.3 is 34.6 Å². The van der Waals surface area contributed by atoms with Crippen molar-refractivity contribution >= 4 is 51.0 Å². The highest BCUT2D eigenvalue weighted by molar-refractivity contribution is 9.11. The van der Waals surface area contributed by atoms with Gasteiger partial charge in [0.15, 0.2) is 0 Å². The molecule has 3 amide bonds. The van der Waals surface area contributed by atoms with E-state index in [-0.39, 0.29) is 50.4 Å². The van der Waals surface area contributed by atoms with Crippen LogP contribution < -0.4 is 15.1 Å². The number of esters is 1. The number of benzene rings is 2. The Hall–Kier alpha value is -4.00. The number of rotatable bonds is 9. The monoisotopic (exact) mass is 748 g/mol. The first-order valence-corrected chi connectivity index (χ1v) is 18.3. The van der Waals surface area contributed by atoms with Crippen molar-refractivity contribution in [2.75, 3.05) is 49.1 Å². The minimum Gasteiger partial charge on any atom is -0.455 e. The first-order valence-electron chi connectivity index (χ1n) is 17.5. The van der Waals surface area contributed by atoms with Gasteiger partial charge in [-0.25, -0.2) is 0 Å². The molecule has 2 aromatic rings. The molecule has 4 aliphatic heterocycles. The Bertz CT molecular complexity index is 1630. The summed E-state index contributed by atoms with van der Waals surface area (Å²) in [6, 6.07) is 15.9. The third kappa shape index (κ3) is 6.72. The van der Waals surface area contributed by atoms with E-state index in [1.54, 1.807) is 15.9 Å². The second kappa shape index (κ2) is 15.5. The van der Waals surface area contributed by atoms with Crippen LogP contribution in [0.1, 0.15) is 51.2 Å². The molecule has 266 valence electrons. The smallest absolute Gasteiger partial charge is 0.313 e. The summed E-state index contributed by atoms with van der Waals surface area (Å²) in [6.07, 6.45) is 5.47. The number of nitrogens with one attached hydrogen (secondary N) is 1. The summed E-state index contributed by atoms with van der Waals surface area (Å²) in [4.78, 5) is 62.1. The first-order chi connectivity index (χ1) is 24.2. The lowest BCUT2D eigenvalue weighted by atomic mass is 9.74. The Morgan fingerprint density at radius 1 is 0.980 bits per heavy atom. The van der Waals surface area contributed by atoms with E-state index in [1.807, 2.05) is 66.7 Å².